The first-order chi connectivity index (χ1) is 9.20. The number of halogens is 1. The van der Waals surface area contributed by atoms with E-state index in [2.05, 4.69) is 26.7 Å². The van der Waals surface area contributed by atoms with Crippen molar-refractivity contribution in [2.75, 3.05) is 24.5 Å². The molecule has 5 nitrogen and oxygen atoms in total. The van der Waals surface area contributed by atoms with Gasteiger partial charge >= 0.3 is 0 Å². The van der Waals surface area contributed by atoms with Crippen molar-refractivity contribution < 1.29 is 4.79 Å². The van der Waals surface area contributed by atoms with Crippen LogP contribution in [0.5, 0.6) is 0 Å². The highest BCUT2D eigenvalue weighted by molar-refractivity contribution is 6.32. The first-order valence-corrected chi connectivity index (χ1v) is 7.05. The molecule has 3 rings (SSSR count). The van der Waals surface area contributed by atoms with Gasteiger partial charge in [-0.3, -0.25) is 9.69 Å². The van der Waals surface area contributed by atoms with Crippen molar-refractivity contribution in [2.24, 2.45) is 0 Å². The van der Waals surface area contributed by atoms with Crippen molar-refractivity contribution in [2.45, 2.75) is 31.8 Å². The lowest BCUT2D eigenvalue weighted by Gasteiger charge is -2.43. The highest BCUT2D eigenvalue weighted by atomic mass is 35.5. The summed E-state index contributed by atoms with van der Waals surface area (Å²) in [5, 5.41) is 0.237. The Labute approximate surface area is 117 Å². The van der Waals surface area contributed by atoms with Crippen LogP contribution in [-0.2, 0) is 0 Å². The Kier molecular flexibility index (Phi) is 3.41. The fourth-order valence-electron chi connectivity index (χ4n) is 3.18. The molecule has 19 heavy (non-hydrogen) atoms. The molecule has 2 aliphatic rings. The molecule has 2 aliphatic heterocycles. The summed E-state index contributed by atoms with van der Waals surface area (Å²) in [5.41, 5.74) is 0.405. The van der Waals surface area contributed by atoms with Crippen molar-refractivity contribution >= 4 is 23.7 Å². The number of aldehydes is 1. The molecule has 0 aliphatic carbocycles. The van der Waals surface area contributed by atoms with Crippen LogP contribution >= 0.6 is 11.6 Å². The van der Waals surface area contributed by atoms with E-state index in [1.807, 2.05) is 0 Å². The van der Waals surface area contributed by atoms with Gasteiger partial charge in [0.1, 0.15) is 17.3 Å². The number of carbonyl (C=O) groups is 1. The van der Waals surface area contributed by atoms with Crippen molar-refractivity contribution in [1.29, 1.82) is 0 Å². The highest BCUT2D eigenvalue weighted by Crippen LogP contribution is 2.30. The molecule has 1 aromatic heterocycles. The Bertz CT molecular complexity index is 496. The van der Waals surface area contributed by atoms with Crippen molar-refractivity contribution in [1.82, 2.24) is 14.9 Å². The van der Waals surface area contributed by atoms with Crippen LogP contribution < -0.4 is 4.90 Å². The summed E-state index contributed by atoms with van der Waals surface area (Å²) in [6, 6.07) is 0.906. The number of piperazine rings is 1. The van der Waals surface area contributed by atoms with Crippen LogP contribution in [0.25, 0.3) is 0 Å². The van der Waals surface area contributed by atoms with E-state index in [4.69, 9.17) is 11.6 Å². The van der Waals surface area contributed by atoms with Gasteiger partial charge in [0.25, 0.3) is 0 Å². The molecule has 0 spiro atoms. The topological polar surface area (TPSA) is 49.3 Å². The molecular formula is C13H17ClN4O. The van der Waals surface area contributed by atoms with E-state index in [1.165, 1.54) is 25.7 Å². The quantitative estimate of drug-likeness (QED) is 0.609. The fourth-order valence-corrected chi connectivity index (χ4v) is 3.35. The lowest BCUT2D eigenvalue weighted by atomic mass is 10.1. The standard InChI is InChI=1S/C13H17ClN4O/c1-9-5-17-4-2-3-10(17)6-18(9)13-11(7-19)12(14)15-8-16-13/h7-10H,2-6H2,1H3. The Morgan fingerprint density at radius 1 is 1.42 bits per heavy atom. The SMILES string of the molecule is CC1CN2CCCC2CN1c1ncnc(Cl)c1C=O. The van der Waals surface area contributed by atoms with Gasteiger partial charge in [-0.2, -0.15) is 0 Å². The molecule has 2 fully saturated rings. The van der Waals surface area contributed by atoms with Crippen LogP contribution in [0.3, 0.4) is 0 Å². The van der Waals surface area contributed by atoms with Gasteiger partial charge in [-0.05, 0) is 26.3 Å². The smallest absolute Gasteiger partial charge is 0.156 e. The molecular weight excluding hydrogens is 264 g/mol. The molecule has 0 radical (unpaired) electrons. The van der Waals surface area contributed by atoms with E-state index < -0.39 is 0 Å². The molecule has 0 bridgehead atoms. The molecule has 102 valence electrons. The maximum Gasteiger partial charge on any atom is 0.156 e. The molecule has 2 unspecified atom stereocenters. The molecule has 1 aromatic rings. The Morgan fingerprint density at radius 3 is 3.05 bits per heavy atom. The molecule has 3 heterocycles. The third-order valence-corrected chi connectivity index (χ3v) is 4.44. The summed E-state index contributed by atoms with van der Waals surface area (Å²) >= 11 is 5.99. The number of fused-ring (bicyclic) bond motifs is 1. The number of nitrogens with zero attached hydrogens (tertiary/aromatic N) is 4. The summed E-state index contributed by atoms with van der Waals surface area (Å²) in [7, 11) is 0. The van der Waals surface area contributed by atoms with Crippen molar-refractivity contribution in [3.63, 3.8) is 0 Å². The Morgan fingerprint density at radius 2 is 2.26 bits per heavy atom. The van der Waals surface area contributed by atoms with Gasteiger partial charge in [-0.15, -0.1) is 0 Å². The van der Waals surface area contributed by atoms with E-state index in [0.29, 0.717) is 23.5 Å². The second-order valence-electron chi connectivity index (χ2n) is 5.31. The first kappa shape index (κ1) is 12.8. The van der Waals surface area contributed by atoms with Crippen LogP contribution in [-0.4, -0.2) is 52.9 Å². The number of aromatic nitrogens is 2. The van der Waals surface area contributed by atoms with E-state index in [0.717, 1.165) is 19.4 Å². The van der Waals surface area contributed by atoms with Crippen LogP contribution in [0.1, 0.15) is 30.1 Å². The highest BCUT2D eigenvalue weighted by Gasteiger charge is 2.35. The Hall–Kier alpha value is -1.20. The van der Waals surface area contributed by atoms with Crippen molar-refractivity contribution in [3.05, 3.63) is 17.0 Å². The van der Waals surface area contributed by atoms with Gasteiger partial charge in [0.2, 0.25) is 0 Å². The van der Waals surface area contributed by atoms with Crippen LogP contribution in [0.15, 0.2) is 6.33 Å². The van der Waals surface area contributed by atoms with E-state index >= 15 is 0 Å². The van der Waals surface area contributed by atoms with Crippen molar-refractivity contribution in [3.8, 4) is 0 Å². The number of hydrogen-bond donors (Lipinski definition) is 0. The largest absolute Gasteiger partial charge is 0.350 e. The van der Waals surface area contributed by atoms with Gasteiger partial charge in [0, 0.05) is 25.2 Å². The minimum atomic E-state index is 0.237. The zero-order chi connectivity index (χ0) is 13.4. The molecule has 2 atom stereocenters. The molecule has 2 saturated heterocycles. The average molecular weight is 281 g/mol. The molecule has 6 heteroatoms. The second-order valence-corrected chi connectivity index (χ2v) is 5.67. The monoisotopic (exact) mass is 280 g/mol. The summed E-state index contributed by atoms with van der Waals surface area (Å²) in [5.74, 6) is 0.675. The summed E-state index contributed by atoms with van der Waals surface area (Å²) in [4.78, 5) is 24.1. The number of rotatable bonds is 2. The zero-order valence-corrected chi connectivity index (χ0v) is 11.7. The van der Waals surface area contributed by atoms with Crippen LogP contribution in [0.2, 0.25) is 5.15 Å². The maximum atomic E-state index is 11.2. The lowest BCUT2D eigenvalue weighted by molar-refractivity contribution is 0.112. The predicted molar refractivity (Wildman–Crippen MR) is 73.8 cm³/mol. The predicted octanol–water partition coefficient (Wildman–Crippen LogP) is 1.62. The van der Waals surface area contributed by atoms with E-state index in [-0.39, 0.29) is 5.15 Å². The van der Waals surface area contributed by atoms with Crippen LogP contribution in [0.4, 0.5) is 5.82 Å². The molecule has 0 amide bonds. The summed E-state index contributed by atoms with van der Waals surface area (Å²) in [6.07, 6.45) is 4.67. The zero-order valence-electron chi connectivity index (χ0n) is 10.9. The van der Waals surface area contributed by atoms with Gasteiger partial charge in [-0.25, -0.2) is 9.97 Å². The first-order valence-electron chi connectivity index (χ1n) is 6.67. The summed E-state index contributed by atoms with van der Waals surface area (Å²) in [6.45, 7) is 5.28. The van der Waals surface area contributed by atoms with Gasteiger partial charge in [0.15, 0.2) is 6.29 Å². The maximum absolute atomic E-state index is 11.2. The van der Waals surface area contributed by atoms with Crippen LogP contribution in [0, 0.1) is 0 Å². The molecule has 0 saturated carbocycles. The number of carbonyl (C=O) groups excluding carboxylic acids is 1. The minimum absolute atomic E-state index is 0.237. The minimum Gasteiger partial charge on any atom is -0.350 e. The third kappa shape index (κ3) is 2.21. The van der Waals surface area contributed by atoms with E-state index in [1.54, 1.807) is 0 Å². The van der Waals surface area contributed by atoms with Gasteiger partial charge < -0.3 is 4.90 Å². The average Bonchev–Trinajstić information content (AvgIpc) is 2.84. The van der Waals surface area contributed by atoms with Gasteiger partial charge in [0.05, 0.1) is 5.56 Å². The molecule has 0 aromatic carbocycles. The normalized spacial score (nSPS) is 27.4. The van der Waals surface area contributed by atoms with Gasteiger partial charge in [-0.1, -0.05) is 11.6 Å². The lowest BCUT2D eigenvalue weighted by Crippen LogP contribution is -2.55. The number of hydrogen-bond acceptors (Lipinski definition) is 5. The van der Waals surface area contributed by atoms with E-state index in [9.17, 15) is 4.79 Å². The third-order valence-electron chi connectivity index (χ3n) is 4.14. The second kappa shape index (κ2) is 5.06. The number of anilines is 1. The molecule has 0 N–H and O–H groups in total. The fraction of sp³-hybridized carbons (Fsp3) is 0.615. The Balaban J connectivity index is 1.93. The summed E-state index contributed by atoms with van der Waals surface area (Å²) < 4.78 is 0.